The zero-order valence-electron chi connectivity index (χ0n) is 10.7. The van der Waals surface area contributed by atoms with Crippen molar-refractivity contribution in [1.82, 2.24) is 0 Å². The van der Waals surface area contributed by atoms with Crippen LogP contribution in [0.4, 0.5) is 5.69 Å². The number of nitrogens with one attached hydrogen (secondary N) is 1. The fourth-order valence-electron chi connectivity index (χ4n) is 1.79. The molecule has 5 nitrogen and oxygen atoms in total. The van der Waals surface area contributed by atoms with Crippen molar-refractivity contribution in [2.75, 3.05) is 4.72 Å². The van der Waals surface area contributed by atoms with Crippen molar-refractivity contribution in [1.29, 1.82) is 5.26 Å². The van der Waals surface area contributed by atoms with Crippen molar-refractivity contribution in [2.24, 2.45) is 0 Å². The Kier molecular flexibility index (Phi) is 3.63. The summed E-state index contributed by atoms with van der Waals surface area (Å²) in [6.45, 7) is 1.72. The molecule has 0 saturated heterocycles. The van der Waals surface area contributed by atoms with Crippen LogP contribution in [0.5, 0.6) is 5.75 Å². The number of nitrogens with zero attached hydrogens (tertiary/aromatic N) is 1. The molecule has 0 saturated carbocycles. The quantitative estimate of drug-likeness (QED) is 0.907. The number of rotatable bonds is 3. The van der Waals surface area contributed by atoms with E-state index in [-0.39, 0.29) is 21.9 Å². The van der Waals surface area contributed by atoms with Crippen molar-refractivity contribution in [2.45, 2.75) is 11.8 Å². The van der Waals surface area contributed by atoms with Gasteiger partial charge >= 0.3 is 0 Å². The van der Waals surface area contributed by atoms with Gasteiger partial charge in [-0.2, -0.15) is 5.26 Å². The molecule has 0 aliphatic carbocycles. The number of phenolic OH excluding ortho intramolecular Hbond substituents is 1. The Bertz CT molecular complexity index is 792. The smallest absolute Gasteiger partial charge is 0.265 e. The topological polar surface area (TPSA) is 90.2 Å². The summed E-state index contributed by atoms with van der Waals surface area (Å²) in [5.74, 6) is -0.342. The minimum atomic E-state index is -3.94. The molecule has 0 aliphatic rings. The highest BCUT2D eigenvalue weighted by atomic mass is 32.2. The van der Waals surface area contributed by atoms with Gasteiger partial charge in [0.15, 0.2) is 0 Å². The molecule has 0 bridgehead atoms. The highest BCUT2D eigenvalue weighted by Crippen LogP contribution is 2.26. The highest BCUT2D eigenvalue weighted by molar-refractivity contribution is 7.92. The summed E-state index contributed by atoms with van der Waals surface area (Å²) in [5.41, 5.74) is 1.12. The molecule has 0 unspecified atom stereocenters. The van der Waals surface area contributed by atoms with Gasteiger partial charge in [-0.25, -0.2) is 8.42 Å². The van der Waals surface area contributed by atoms with E-state index in [1.165, 1.54) is 30.3 Å². The number of aromatic hydroxyl groups is 1. The number of phenols is 1. The van der Waals surface area contributed by atoms with E-state index in [9.17, 15) is 13.5 Å². The molecular weight excluding hydrogens is 276 g/mol. The summed E-state index contributed by atoms with van der Waals surface area (Å²) < 4.78 is 26.8. The molecule has 0 fully saturated rings. The van der Waals surface area contributed by atoms with Gasteiger partial charge in [-0.3, -0.25) is 4.72 Å². The second-order valence-corrected chi connectivity index (χ2v) is 5.83. The monoisotopic (exact) mass is 288 g/mol. The Morgan fingerprint density at radius 3 is 2.50 bits per heavy atom. The van der Waals surface area contributed by atoms with Crippen LogP contribution in [0.25, 0.3) is 0 Å². The van der Waals surface area contributed by atoms with Gasteiger partial charge < -0.3 is 5.11 Å². The summed E-state index contributed by atoms with van der Waals surface area (Å²) in [4.78, 5) is -0.231. The lowest BCUT2D eigenvalue weighted by atomic mass is 10.1. The lowest BCUT2D eigenvalue weighted by molar-refractivity contribution is 0.459. The highest BCUT2D eigenvalue weighted by Gasteiger charge is 2.19. The van der Waals surface area contributed by atoms with E-state index in [0.717, 1.165) is 0 Å². The fourth-order valence-corrected chi connectivity index (χ4v) is 2.96. The maximum absolute atomic E-state index is 12.2. The molecule has 0 amide bonds. The van der Waals surface area contributed by atoms with Crippen molar-refractivity contribution in [3.05, 3.63) is 53.6 Å². The molecule has 0 heterocycles. The number of aryl methyl sites for hydroxylation is 1. The lowest BCUT2D eigenvalue weighted by Gasteiger charge is -2.11. The van der Waals surface area contributed by atoms with Gasteiger partial charge in [0.05, 0.1) is 11.3 Å². The minimum Gasteiger partial charge on any atom is -0.507 e. The molecule has 0 radical (unpaired) electrons. The predicted octanol–water partition coefficient (Wildman–Crippen LogP) is 2.37. The van der Waals surface area contributed by atoms with Crippen LogP contribution in [0.3, 0.4) is 0 Å². The lowest BCUT2D eigenvalue weighted by Crippen LogP contribution is -2.14. The Labute approximate surface area is 117 Å². The van der Waals surface area contributed by atoms with Crippen LogP contribution in [-0.4, -0.2) is 13.5 Å². The SMILES string of the molecule is Cc1cccc(NS(=O)(=O)c2ccccc2O)c1C#N. The third kappa shape index (κ3) is 2.58. The van der Waals surface area contributed by atoms with E-state index < -0.39 is 10.0 Å². The number of hydrogen-bond acceptors (Lipinski definition) is 4. The third-order valence-electron chi connectivity index (χ3n) is 2.78. The van der Waals surface area contributed by atoms with Crippen LogP contribution < -0.4 is 4.72 Å². The van der Waals surface area contributed by atoms with Crippen LogP contribution in [-0.2, 0) is 10.0 Å². The number of benzene rings is 2. The molecule has 0 aliphatic heterocycles. The average molecular weight is 288 g/mol. The Balaban J connectivity index is 2.48. The van der Waals surface area contributed by atoms with Crippen molar-refractivity contribution >= 4 is 15.7 Å². The van der Waals surface area contributed by atoms with Crippen LogP contribution >= 0.6 is 0 Å². The summed E-state index contributed by atoms with van der Waals surface area (Å²) >= 11 is 0. The van der Waals surface area contributed by atoms with Gasteiger partial charge in [0.25, 0.3) is 10.0 Å². The summed E-state index contributed by atoms with van der Waals surface area (Å²) in [6, 6.07) is 12.5. The zero-order chi connectivity index (χ0) is 14.8. The molecular formula is C14H12N2O3S. The van der Waals surface area contributed by atoms with Crippen LogP contribution in [0.1, 0.15) is 11.1 Å². The third-order valence-corrected chi connectivity index (χ3v) is 4.20. The Morgan fingerprint density at radius 1 is 1.15 bits per heavy atom. The molecule has 2 rings (SSSR count). The molecule has 20 heavy (non-hydrogen) atoms. The number of hydrogen-bond donors (Lipinski definition) is 2. The molecule has 0 aromatic heterocycles. The molecule has 0 atom stereocenters. The van der Waals surface area contributed by atoms with Gasteiger partial charge in [0, 0.05) is 0 Å². The zero-order valence-corrected chi connectivity index (χ0v) is 11.5. The van der Waals surface area contributed by atoms with Crippen LogP contribution in [0.15, 0.2) is 47.4 Å². The van der Waals surface area contributed by atoms with Gasteiger partial charge in [-0.1, -0.05) is 24.3 Å². The number of nitriles is 1. The molecule has 2 aromatic rings. The van der Waals surface area contributed by atoms with E-state index in [0.29, 0.717) is 5.56 Å². The van der Waals surface area contributed by atoms with E-state index in [4.69, 9.17) is 5.26 Å². The molecule has 2 aromatic carbocycles. The van der Waals surface area contributed by atoms with Crippen LogP contribution in [0, 0.1) is 18.3 Å². The van der Waals surface area contributed by atoms with E-state index in [1.807, 2.05) is 6.07 Å². The van der Waals surface area contributed by atoms with Gasteiger partial charge in [-0.15, -0.1) is 0 Å². The van der Waals surface area contributed by atoms with E-state index >= 15 is 0 Å². The van der Waals surface area contributed by atoms with E-state index in [1.54, 1.807) is 19.1 Å². The first kappa shape index (κ1) is 13.9. The summed E-state index contributed by atoms with van der Waals surface area (Å²) in [5, 5.41) is 18.7. The molecule has 0 spiro atoms. The predicted molar refractivity (Wildman–Crippen MR) is 74.8 cm³/mol. The van der Waals surface area contributed by atoms with Crippen LogP contribution in [0.2, 0.25) is 0 Å². The maximum atomic E-state index is 12.2. The van der Waals surface area contributed by atoms with Gasteiger partial charge in [0.2, 0.25) is 0 Å². The maximum Gasteiger partial charge on any atom is 0.265 e. The van der Waals surface area contributed by atoms with Gasteiger partial charge in [-0.05, 0) is 30.7 Å². The molecule has 102 valence electrons. The second-order valence-electron chi connectivity index (χ2n) is 4.18. The van der Waals surface area contributed by atoms with Gasteiger partial charge in [0.1, 0.15) is 16.7 Å². The second kappa shape index (κ2) is 5.23. The summed E-state index contributed by atoms with van der Waals surface area (Å²) in [6.07, 6.45) is 0. The van der Waals surface area contributed by atoms with Crippen molar-refractivity contribution in [3.8, 4) is 11.8 Å². The first-order chi connectivity index (χ1) is 9.45. The Morgan fingerprint density at radius 2 is 1.85 bits per heavy atom. The minimum absolute atomic E-state index is 0.191. The normalized spacial score (nSPS) is 10.8. The summed E-state index contributed by atoms with van der Waals surface area (Å²) in [7, 11) is -3.94. The number of anilines is 1. The fraction of sp³-hybridized carbons (Fsp3) is 0.0714. The largest absolute Gasteiger partial charge is 0.507 e. The van der Waals surface area contributed by atoms with Crippen molar-refractivity contribution < 1.29 is 13.5 Å². The standard InChI is InChI=1S/C14H12N2O3S/c1-10-5-4-6-12(11(10)9-15)16-20(18,19)14-8-3-2-7-13(14)17/h2-8,16-17H,1H3. The van der Waals surface area contributed by atoms with Crippen molar-refractivity contribution in [3.63, 3.8) is 0 Å². The first-order valence-corrected chi connectivity index (χ1v) is 7.24. The first-order valence-electron chi connectivity index (χ1n) is 5.76. The molecule has 2 N–H and O–H groups in total. The molecule has 6 heteroatoms. The average Bonchev–Trinajstić information content (AvgIpc) is 2.39. The number of para-hydroxylation sites is 1. The Hall–Kier alpha value is -2.52. The number of sulfonamides is 1. The van der Waals surface area contributed by atoms with E-state index in [2.05, 4.69) is 4.72 Å².